The molecule has 0 bridgehead atoms. The molecule has 3 heteroatoms. The Morgan fingerprint density at radius 3 is 2.50 bits per heavy atom. The van der Waals surface area contributed by atoms with Crippen LogP contribution in [0.1, 0.15) is 40.9 Å². The number of benzene rings is 1. The van der Waals surface area contributed by atoms with Crippen molar-refractivity contribution in [2.24, 2.45) is 0 Å². The van der Waals surface area contributed by atoms with Crippen LogP contribution in [0.5, 0.6) is 0 Å². The third-order valence-corrected chi connectivity index (χ3v) is 5.34. The highest BCUT2D eigenvalue weighted by atomic mass is 32.1. The lowest BCUT2D eigenvalue weighted by Crippen LogP contribution is -2.38. The van der Waals surface area contributed by atoms with Gasteiger partial charge in [-0.3, -0.25) is 4.79 Å². The minimum Gasteiger partial charge on any atom is -0.351 e. The largest absolute Gasteiger partial charge is 0.351 e. The quantitative estimate of drug-likeness (QED) is 0.904. The average molecular weight is 285 g/mol. The maximum absolute atomic E-state index is 12.2. The summed E-state index contributed by atoms with van der Waals surface area (Å²) in [6.45, 7) is 0.751. The van der Waals surface area contributed by atoms with Crippen molar-refractivity contribution in [2.45, 2.75) is 31.1 Å². The number of carbonyl (C=O) groups is 1. The molecule has 1 amide bonds. The molecule has 1 fully saturated rings. The molecule has 0 saturated heterocycles. The SMILES string of the molecule is O=C(NCC1(c2cccs2)CCCC1)c1ccccc1. The Morgan fingerprint density at radius 2 is 1.85 bits per heavy atom. The van der Waals surface area contributed by atoms with E-state index in [1.165, 1.54) is 30.6 Å². The maximum Gasteiger partial charge on any atom is 0.251 e. The second-order valence-electron chi connectivity index (χ2n) is 5.51. The van der Waals surface area contributed by atoms with Crippen LogP contribution in [0.15, 0.2) is 47.8 Å². The monoisotopic (exact) mass is 285 g/mol. The van der Waals surface area contributed by atoms with Crippen molar-refractivity contribution in [2.75, 3.05) is 6.54 Å². The molecule has 1 aliphatic rings. The van der Waals surface area contributed by atoms with E-state index in [0.717, 1.165) is 12.1 Å². The van der Waals surface area contributed by atoms with E-state index in [1.807, 2.05) is 41.7 Å². The van der Waals surface area contributed by atoms with E-state index in [-0.39, 0.29) is 11.3 Å². The Hall–Kier alpha value is -1.61. The first kappa shape index (κ1) is 13.4. The maximum atomic E-state index is 12.2. The highest BCUT2D eigenvalue weighted by Gasteiger charge is 2.36. The van der Waals surface area contributed by atoms with Gasteiger partial charge in [0.05, 0.1) is 0 Å². The molecule has 3 rings (SSSR count). The summed E-state index contributed by atoms with van der Waals surface area (Å²) in [4.78, 5) is 13.6. The van der Waals surface area contributed by atoms with E-state index in [2.05, 4.69) is 22.8 Å². The number of rotatable bonds is 4. The van der Waals surface area contributed by atoms with Gasteiger partial charge in [-0.15, -0.1) is 11.3 Å². The van der Waals surface area contributed by atoms with E-state index in [4.69, 9.17) is 0 Å². The minimum absolute atomic E-state index is 0.0356. The highest BCUT2D eigenvalue weighted by Crippen LogP contribution is 2.42. The van der Waals surface area contributed by atoms with Crippen molar-refractivity contribution in [1.29, 1.82) is 0 Å². The summed E-state index contributed by atoms with van der Waals surface area (Å²) in [7, 11) is 0. The predicted molar refractivity (Wildman–Crippen MR) is 83.2 cm³/mol. The first-order valence-corrected chi connectivity index (χ1v) is 8.05. The smallest absolute Gasteiger partial charge is 0.251 e. The van der Waals surface area contributed by atoms with Gasteiger partial charge in [-0.2, -0.15) is 0 Å². The molecule has 0 unspecified atom stereocenters. The van der Waals surface area contributed by atoms with Gasteiger partial charge in [-0.25, -0.2) is 0 Å². The van der Waals surface area contributed by atoms with Crippen LogP contribution < -0.4 is 5.32 Å². The molecule has 1 N–H and O–H groups in total. The molecular weight excluding hydrogens is 266 g/mol. The van der Waals surface area contributed by atoms with Gasteiger partial charge in [0.2, 0.25) is 0 Å². The average Bonchev–Trinajstić information content (AvgIpc) is 3.17. The summed E-state index contributed by atoms with van der Waals surface area (Å²) in [5, 5.41) is 5.27. The number of hydrogen-bond donors (Lipinski definition) is 1. The summed E-state index contributed by atoms with van der Waals surface area (Å²) in [6, 6.07) is 13.8. The summed E-state index contributed by atoms with van der Waals surface area (Å²) in [5.74, 6) is 0.0356. The lowest BCUT2D eigenvalue weighted by atomic mass is 9.84. The standard InChI is InChI=1S/C17H19NOS/c19-16(14-7-2-1-3-8-14)18-13-17(10-4-5-11-17)15-9-6-12-20-15/h1-3,6-9,12H,4-5,10-11,13H2,(H,18,19). The van der Waals surface area contributed by atoms with Crippen LogP contribution in [0.3, 0.4) is 0 Å². The second kappa shape index (κ2) is 5.80. The summed E-state index contributed by atoms with van der Waals surface area (Å²) < 4.78 is 0. The van der Waals surface area contributed by atoms with E-state index in [0.29, 0.717) is 0 Å². The first-order chi connectivity index (χ1) is 9.80. The normalized spacial score (nSPS) is 17.0. The van der Waals surface area contributed by atoms with E-state index < -0.39 is 0 Å². The predicted octanol–water partition coefficient (Wildman–Crippen LogP) is 3.99. The number of thiophene rings is 1. The number of hydrogen-bond acceptors (Lipinski definition) is 2. The topological polar surface area (TPSA) is 29.1 Å². The van der Waals surface area contributed by atoms with Gasteiger partial charge in [0, 0.05) is 22.4 Å². The van der Waals surface area contributed by atoms with Gasteiger partial charge in [0.25, 0.3) is 5.91 Å². The van der Waals surface area contributed by atoms with Crippen molar-refractivity contribution in [3.8, 4) is 0 Å². The molecule has 1 saturated carbocycles. The number of amides is 1. The molecule has 0 aliphatic heterocycles. The fourth-order valence-electron chi connectivity index (χ4n) is 3.08. The Labute approximate surface area is 123 Å². The van der Waals surface area contributed by atoms with Gasteiger partial charge in [-0.1, -0.05) is 37.1 Å². The third kappa shape index (κ3) is 2.63. The molecule has 1 aliphatic carbocycles. The van der Waals surface area contributed by atoms with Crippen LogP contribution in [0.25, 0.3) is 0 Å². The highest BCUT2D eigenvalue weighted by molar-refractivity contribution is 7.10. The van der Waals surface area contributed by atoms with Crippen molar-refractivity contribution < 1.29 is 4.79 Å². The minimum atomic E-state index is 0.0356. The lowest BCUT2D eigenvalue weighted by Gasteiger charge is -2.28. The fourth-order valence-corrected chi connectivity index (χ4v) is 4.07. The van der Waals surface area contributed by atoms with Crippen molar-refractivity contribution in [1.82, 2.24) is 5.32 Å². The second-order valence-corrected chi connectivity index (χ2v) is 6.46. The summed E-state index contributed by atoms with van der Waals surface area (Å²) in [5.41, 5.74) is 0.908. The van der Waals surface area contributed by atoms with Gasteiger partial charge in [0.15, 0.2) is 0 Å². The number of nitrogens with one attached hydrogen (secondary N) is 1. The zero-order valence-corrected chi connectivity index (χ0v) is 12.3. The van der Waals surface area contributed by atoms with Crippen LogP contribution in [0.4, 0.5) is 0 Å². The molecule has 20 heavy (non-hydrogen) atoms. The molecule has 2 aromatic rings. The Kier molecular flexibility index (Phi) is 3.88. The van der Waals surface area contributed by atoms with Crippen LogP contribution in [0.2, 0.25) is 0 Å². The molecule has 2 nitrogen and oxygen atoms in total. The van der Waals surface area contributed by atoms with Gasteiger partial charge < -0.3 is 5.32 Å². The molecule has 104 valence electrons. The van der Waals surface area contributed by atoms with E-state index in [9.17, 15) is 4.79 Å². The van der Waals surface area contributed by atoms with Crippen molar-refractivity contribution in [3.63, 3.8) is 0 Å². The van der Waals surface area contributed by atoms with Crippen LogP contribution in [0, 0.1) is 0 Å². The van der Waals surface area contributed by atoms with Crippen molar-refractivity contribution in [3.05, 3.63) is 58.3 Å². The molecule has 1 aromatic carbocycles. The summed E-state index contributed by atoms with van der Waals surface area (Å²) in [6.07, 6.45) is 4.89. The molecule has 0 radical (unpaired) electrons. The zero-order chi connectivity index (χ0) is 13.8. The molecule has 1 aromatic heterocycles. The van der Waals surface area contributed by atoms with Crippen LogP contribution in [-0.2, 0) is 5.41 Å². The molecule has 0 spiro atoms. The van der Waals surface area contributed by atoms with E-state index in [1.54, 1.807) is 0 Å². The van der Waals surface area contributed by atoms with Gasteiger partial charge in [-0.05, 0) is 36.4 Å². The Bertz CT molecular complexity index is 556. The Balaban J connectivity index is 1.71. The van der Waals surface area contributed by atoms with Crippen LogP contribution >= 0.6 is 11.3 Å². The molecule has 0 atom stereocenters. The molecule has 1 heterocycles. The summed E-state index contributed by atoms with van der Waals surface area (Å²) >= 11 is 1.82. The lowest BCUT2D eigenvalue weighted by molar-refractivity contribution is 0.0943. The molecular formula is C17H19NOS. The van der Waals surface area contributed by atoms with E-state index >= 15 is 0 Å². The van der Waals surface area contributed by atoms with Gasteiger partial charge in [0.1, 0.15) is 0 Å². The zero-order valence-electron chi connectivity index (χ0n) is 11.5. The Morgan fingerprint density at radius 1 is 1.10 bits per heavy atom. The first-order valence-electron chi connectivity index (χ1n) is 7.17. The number of carbonyl (C=O) groups excluding carboxylic acids is 1. The van der Waals surface area contributed by atoms with Crippen molar-refractivity contribution >= 4 is 17.2 Å². The van der Waals surface area contributed by atoms with Crippen LogP contribution in [-0.4, -0.2) is 12.5 Å². The van der Waals surface area contributed by atoms with Gasteiger partial charge >= 0.3 is 0 Å². The fraction of sp³-hybridized carbons (Fsp3) is 0.353. The third-order valence-electron chi connectivity index (χ3n) is 4.23.